The van der Waals surface area contributed by atoms with Crippen LogP contribution in [0.4, 0.5) is 0 Å². The number of hydrogen-bond donors (Lipinski definition) is 5. The van der Waals surface area contributed by atoms with Gasteiger partial charge in [0, 0.05) is 17.2 Å². The van der Waals surface area contributed by atoms with Gasteiger partial charge in [-0.1, -0.05) is 0 Å². The lowest BCUT2D eigenvalue weighted by Gasteiger charge is -2.16. The average Bonchev–Trinajstić information content (AvgIpc) is 3.46. The van der Waals surface area contributed by atoms with Crippen molar-refractivity contribution in [1.29, 1.82) is 0 Å². The van der Waals surface area contributed by atoms with E-state index in [1.807, 2.05) is 13.0 Å². The summed E-state index contributed by atoms with van der Waals surface area (Å²) >= 11 is 0. The molecule has 31 heavy (non-hydrogen) atoms. The van der Waals surface area contributed by atoms with Crippen LogP contribution >= 0.6 is 0 Å². The number of benzene rings is 1. The molecule has 166 valence electrons. The van der Waals surface area contributed by atoms with E-state index in [4.69, 9.17) is 19.4 Å². The van der Waals surface area contributed by atoms with Crippen molar-refractivity contribution in [2.75, 3.05) is 6.79 Å². The summed E-state index contributed by atoms with van der Waals surface area (Å²) in [6.45, 7) is 2.10. The van der Waals surface area contributed by atoms with E-state index < -0.39 is 12.1 Å². The number of aliphatic hydroxyl groups is 1. The number of rotatable bonds is 5. The Morgan fingerprint density at radius 2 is 2.00 bits per heavy atom. The second-order valence-electron chi connectivity index (χ2n) is 7.25. The van der Waals surface area contributed by atoms with Crippen molar-refractivity contribution in [3.63, 3.8) is 0 Å². The van der Waals surface area contributed by atoms with Crippen LogP contribution in [-0.4, -0.2) is 57.6 Å². The Hall–Kier alpha value is -3.60. The molecule has 1 aliphatic carbocycles. The van der Waals surface area contributed by atoms with Crippen LogP contribution in [0.5, 0.6) is 11.5 Å². The topological polar surface area (TPSA) is 163 Å². The van der Waals surface area contributed by atoms with Crippen molar-refractivity contribution in [3.8, 4) is 11.5 Å². The molecular formula is C20H24N4O7. The molecule has 5 N–H and O–H groups in total. The molecule has 0 unspecified atom stereocenters. The Morgan fingerprint density at radius 3 is 2.71 bits per heavy atom. The average molecular weight is 432 g/mol. The van der Waals surface area contributed by atoms with Crippen LogP contribution in [0.2, 0.25) is 0 Å². The fourth-order valence-corrected chi connectivity index (χ4v) is 3.56. The van der Waals surface area contributed by atoms with E-state index in [0.717, 1.165) is 11.4 Å². The van der Waals surface area contributed by atoms with Gasteiger partial charge in [-0.2, -0.15) is 5.10 Å². The molecule has 3 atom stereocenters. The summed E-state index contributed by atoms with van der Waals surface area (Å²) in [7, 11) is 0. The maximum atomic E-state index is 12.5. The number of nitrogens with zero attached hydrogens (tertiary/aromatic N) is 1. The smallest absolute Gasteiger partial charge is 0.290 e. The number of amides is 2. The summed E-state index contributed by atoms with van der Waals surface area (Å²) in [5.74, 6) is 0.277. The van der Waals surface area contributed by atoms with E-state index in [2.05, 4.69) is 20.8 Å². The second kappa shape index (κ2) is 9.94. The van der Waals surface area contributed by atoms with Gasteiger partial charge in [-0.05, 0) is 44.0 Å². The summed E-state index contributed by atoms with van der Waals surface area (Å²) in [5, 5.41) is 29.7. The predicted molar refractivity (Wildman–Crippen MR) is 106 cm³/mol. The molecule has 2 amide bonds. The maximum absolute atomic E-state index is 12.5. The molecule has 11 heteroatoms. The Kier molecular flexibility index (Phi) is 7.08. The number of carbonyl (C=O) groups excluding carboxylic acids is 2. The minimum absolute atomic E-state index is 0.135. The number of aryl methyl sites for hydroxylation is 1. The van der Waals surface area contributed by atoms with E-state index in [9.17, 15) is 14.7 Å². The summed E-state index contributed by atoms with van der Waals surface area (Å²) in [6.07, 6.45) is -0.0956. The van der Waals surface area contributed by atoms with Crippen molar-refractivity contribution in [3.05, 3.63) is 41.2 Å². The molecular weight excluding hydrogens is 408 g/mol. The van der Waals surface area contributed by atoms with Crippen LogP contribution in [0.25, 0.3) is 0 Å². The number of aromatic amines is 1. The fourth-order valence-electron chi connectivity index (χ4n) is 3.56. The number of aromatic nitrogens is 2. The zero-order chi connectivity index (χ0) is 22.4. The van der Waals surface area contributed by atoms with Gasteiger partial charge in [-0.15, -0.1) is 0 Å². The zero-order valence-electron chi connectivity index (χ0n) is 16.8. The fraction of sp³-hybridized carbons (Fsp3) is 0.400. The van der Waals surface area contributed by atoms with Gasteiger partial charge in [-0.25, -0.2) is 0 Å². The second-order valence-corrected chi connectivity index (χ2v) is 7.25. The highest BCUT2D eigenvalue weighted by molar-refractivity contribution is 5.95. The van der Waals surface area contributed by atoms with Crippen LogP contribution in [0.1, 0.15) is 34.6 Å². The Morgan fingerprint density at radius 1 is 1.26 bits per heavy atom. The Labute approximate surface area is 177 Å². The van der Waals surface area contributed by atoms with E-state index in [-0.39, 0.29) is 31.0 Å². The van der Waals surface area contributed by atoms with Crippen LogP contribution < -0.4 is 20.1 Å². The number of carbonyl (C=O) groups is 3. The van der Waals surface area contributed by atoms with Gasteiger partial charge in [0.25, 0.3) is 12.4 Å². The summed E-state index contributed by atoms with van der Waals surface area (Å²) < 4.78 is 10.5. The molecule has 4 rings (SSSR count). The SMILES string of the molecule is Cc1cc(CNC(=O)[C@H]2C[C@H](NC(=O)c3ccc4c(c3)OCO4)[C@@H](O)C2)n[nH]1.O=CO. The van der Waals surface area contributed by atoms with Crippen molar-refractivity contribution in [1.82, 2.24) is 20.8 Å². The highest BCUT2D eigenvalue weighted by Gasteiger charge is 2.37. The number of carboxylic acid groups (broad SMARTS) is 1. The molecule has 1 fully saturated rings. The van der Waals surface area contributed by atoms with Crippen molar-refractivity contribution in [2.24, 2.45) is 5.92 Å². The Bertz CT molecular complexity index is 945. The summed E-state index contributed by atoms with van der Waals surface area (Å²) in [6, 6.07) is 6.30. The van der Waals surface area contributed by atoms with Gasteiger partial charge in [-0.3, -0.25) is 19.5 Å². The molecule has 0 bridgehead atoms. The first-order chi connectivity index (χ1) is 14.9. The third kappa shape index (κ3) is 5.51. The first-order valence-electron chi connectivity index (χ1n) is 9.66. The number of aliphatic hydroxyl groups excluding tert-OH is 1. The molecule has 1 saturated carbocycles. The zero-order valence-corrected chi connectivity index (χ0v) is 16.8. The lowest BCUT2D eigenvalue weighted by molar-refractivity contribution is -0.125. The van der Waals surface area contributed by atoms with E-state index in [0.29, 0.717) is 36.4 Å². The van der Waals surface area contributed by atoms with E-state index >= 15 is 0 Å². The molecule has 11 nitrogen and oxygen atoms in total. The third-order valence-electron chi connectivity index (χ3n) is 5.05. The van der Waals surface area contributed by atoms with Gasteiger partial charge in [0.05, 0.1) is 24.4 Å². The molecule has 0 spiro atoms. The van der Waals surface area contributed by atoms with Gasteiger partial charge in [0.1, 0.15) is 0 Å². The van der Waals surface area contributed by atoms with Crippen molar-refractivity contribution >= 4 is 18.3 Å². The van der Waals surface area contributed by atoms with Crippen LogP contribution in [0.3, 0.4) is 0 Å². The normalized spacial score (nSPS) is 21.0. The molecule has 2 aromatic rings. The first kappa shape index (κ1) is 22.1. The molecule has 1 aliphatic heterocycles. The lowest BCUT2D eigenvalue weighted by Crippen LogP contribution is -2.40. The quantitative estimate of drug-likeness (QED) is 0.422. The van der Waals surface area contributed by atoms with Gasteiger partial charge >= 0.3 is 0 Å². The van der Waals surface area contributed by atoms with Crippen LogP contribution in [0, 0.1) is 12.8 Å². The molecule has 1 aromatic heterocycles. The van der Waals surface area contributed by atoms with Crippen molar-refractivity contribution in [2.45, 2.75) is 38.5 Å². The van der Waals surface area contributed by atoms with Crippen LogP contribution in [0.15, 0.2) is 24.3 Å². The predicted octanol–water partition coefficient (Wildman–Crippen LogP) is 0.333. The molecule has 2 aliphatic rings. The van der Waals surface area contributed by atoms with Gasteiger partial charge < -0.3 is 30.3 Å². The summed E-state index contributed by atoms with van der Waals surface area (Å²) in [4.78, 5) is 33.3. The molecule has 1 aromatic carbocycles. The van der Waals surface area contributed by atoms with Crippen molar-refractivity contribution < 1.29 is 34.1 Å². The van der Waals surface area contributed by atoms with E-state index in [1.165, 1.54) is 0 Å². The highest BCUT2D eigenvalue weighted by Crippen LogP contribution is 2.33. The number of H-pyrrole nitrogens is 1. The highest BCUT2D eigenvalue weighted by atomic mass is 16.7. The summed E-state index contributed by atoms with van der Waals surface area (Å²) in [5.41, 5.74) is 2.09. The maximum Gasteiger partial charge on any atom is 0.290 e. The standard InChI is InChI=1S/C19H22N4O5.CH2O2/c1-10-4-13(23-22-10)8-20-18(25)12-5-14(15(24)6-12)21-19(26)11-2-3-16-17(7-11)28-9-27-16;2-1-3/h2-4,7,12,14-15,24H,5-6,8-9H2,1H3,(H,20,25)(H,21,26)(H,22,23);1H,(H,2,3)/t12-,14-,15-;/m0./s1. The Balaban J connectivity index is 0.000000858. The molecule has 0 saturated heterocycles. The number of ether oxygens (including phenoxy) is 2. The minimum Gasteiger partial charge on any atom is -0.483 e. The monoisotopic (exact) mass is 432 g/mol. The number of fused-ring (bicyclic) bond motifs is 1. The number of nitrogens with one attached hydrogen (secondary N) is 3. The first-order valence-corrected chi connectivity index (χ1v) is 9.66. The van der Waals surface area contributed by atoms with Gasteiger partial charge in [0.15, 0.2) is 11.5 Å². The van der Waals surface area contributed by atoms with E-state index in [1.54, 1.807) is 18.2 Å². The molecule has 0 radical (unpaired) electrons. The lowest BCUT2D eigenvalue weighted by atomic mass is 10.1. The third-order valence-corrected chi connectivity index (χ3v) is 5.05. The number of hydrogen-bond acceptors (Lipinski definition) is 7. The molecule has 2 heterocycles. The minimum atomic E-state index is -0.777. The largest absolute Gasteiger partial charge is 0.483 e. The van der Waals surface area contributed by atoms with Gasteiger partial charge in [0.2, 0.25) is 12.7 Å². The van der Waals surface area contributed by atoms with Crippen LogP contribution in [-0.2, 0) is 16.1 Å².